The van der Waals surface area contributed by atoms with E-state index in [0.29, 0.717) is 12.1 Å². The summed E-state index contributed by atoms with van der Waals surface area (Å²) in [5.74, 6) is -0.872. The smallest absolute Gasteiger partial charge is 0.323 e. The summed E-state index contributed by atoms with van der Waals surface area (Å²) >= 11 is 0. The molecule has 1 aromatic carbocycles. The highest BCUT2D eigenvalue weighted by molar-refractivity contribution is 5.67. The number of aromatic amines is 2. The molecule has 0 bridgehead atoms. The van der Waals surface area contributed by atoms with Crippen LogP contribution in [0, 0.1) is 0 Å². The van der Waals surface area contributed by atoms with Crippen LogP contribution in [-0.4, -0.2) is 21.0 Å². The van der Waals surface area contributed by atoms with Gasteiger partial charge in [-0.15, -0.1) is 0 Å². The number of H-pyrrole nitrogens is 2. The number of aliphatic carboxylic acids is 1. The monoisotopic (exact) mass is 261 g/mol. The van der Waals surface area contributed by atoms with Crippen LogP contribution in [-0.2, 0) is 4.79 Å². The number of carboxylic acids is 1. The maximum absolute atomic E-state index is 11.1. The van der Waals surface area contributed by atoms with Crippen LogP contribution >= 0.6 is 0 Å². The maximum atomic E-state index is 11.1. The normalized spacial score (nSPS) is 12.3. The standard InChI is InChI=1S/C13H15N3O3/c14-10(5-6-12(17)18)8-3-1-2-4-9(8)11-7-15-13(19)16-11/h1-4,7,10H,5-6,14H2,(H,17,18)(H2,15,16,19). The lowest BCUT2D eigenvalue weighted by molar-refractivity contribution is -0.137. The zero-order chi connectivity index (χ0) is 13.8. The second-order valence-electron chi connectivity index (χ2n) is 4.28. The fraction of sp³-hybridized carbons (Fsp3) is 0.231. The van der Waals surface area contributed by atoms with Crippen LogP contribution in [0.5, 0.6) is 0 Å². The molecule has 0 spiro atoms. The molecule has 0 radical (unpaired) electrons. The Morgan fingerprint density at radius 1 is 1.37 bits per heavy atom. The fourth-order valence-corrected chi connectivity index (χ4v) is 1.98. The van der Waals surface area contributed by atoms with Crippen LogP contribution in [0.4, 0.5) is 0 Å². The Morgan fingerprint density at radius 3 is 2.74 bits per heavy atom. The first-order chi connectivity index (χ1) is 9.08. The van der Waals surface area contributed by atoms with Crippen molar-refractivity contribution in [3.63, 3.8) is 0 Å². The molecule has 19 heavy (non-hydrogen) atoms. The SMILES string of the molecule is NC(CCC(=O)O)c1ccccc1-c1c[nH]c(=O)[nH]1. The van der Waals surface area contributed by atoms with E-state index in [-0.39, 0.29) is 18.2 Å². The molecule has 1 aromatic heterocycles. The van der Waals surface area contributed by atoms with E-state index < -0.39 is 5.97 Å². The van der Waals surface area contributed by atoms with Gasteiger partial charge in [0, 0.05) is 24.2 Å². The first-order valence-electron chi connectivity index (χ1n) is 5.92. The Hall–Kier alpha value is -2.34. The largest absolute Gasteiger partial charge is 0.481 e. The molecule has 1 atom stereocenters. The van der Waals surface area contributed by atoms with Gasteiger partial charge in [0.05, 0.1) is 5.69 Å². The summed E-state index contributed by atoms with van der Waals surface area (Å²) in [6, 6.07) is 6.98. The Balaban J connectivity index is 2.30. The second-order valence-corrected chi connectivity index (χ2v) is 4.28. The van der Waals surface area contributed by atoms with Gasteiger partial charge in [0.25, 0.3) is 0 Å². The summed E-state index contributed by atoms with van der Waals surface area (Å²) < 4.78 is 0. The number of hydrogen-bond acceptors (Lipinski definition) is 3. The summed E-state index contributed by atoms with van der Waals surface area (Å²) in [6.07, 6.45) is 1.94. The van der Waals surface area contributed by atoms with E-state index >= 15 is 0 Å². The van der Waals surface area contributed by atoms with Gasteiger partial charge >= 0.3 is 11.7 Å². The van der Waals surface area contributed by atoms with Crippen molar-refractivity contribution in [1.82, 2.24) is 9.97 Å². The number of carboxylic acid groups (broad SMARTS) is 1. The minimum atomic E-state index is -0.872. The summed E-state index contributed by atoms with van der Waals surface area (Å²) in [4.78, 5) is 26.9. The van der Waals surface area contributed by atoms with Gasteiger partial charge in [-0.2, -0.15) is 0 Å². The van der Waals surface area contributed by atoms with Gasteiger partial charge in [-0.25, -0.2) is 4.79 Å². The van der Waals surface area contributed by atoms with E-state index in [1.165, 1.54) is 0 Å². The van der Waals surface area contributed by atoms with E-state index in [1.54, 1.807) is 6.20 Å². The molecule has 0 aliphatic heterocycles. The van der Waals surface area contributed by atoms with Crippen molar-refractivity contribution in [3.05, 3.63) is 46.5 Å². The highest BCUT2D eigenvalue weighted by Gasteiger charge is 2.14. The second kappa shape index (κ2) is 5.53. The Labute approximate surface area is 109 Å². The summed E-state index contributed by atoms with van der Waals surface area (Å²) in [5.41, 5.74) is 8.00. The molecule has 100 valence electrons. The third-order valence-electron chi connectivity index (χ3n) is 2.92. The molecule has 6 nitrogen and oxygen atoms in total. The van der Waals surface area contributed by atoms with Gasteiger partial charge in [0.15, 0.2) is 0 Å². The van der Waals surface area contributed by atoms with Crippen LogP contribution in [0.3, 0.4) is 0 Å². The molecular weight excluding hydrogens is 246 g/mol. The Bertz CT molecular complexity index is 630. The van der Waals surface area contributed by atoms with Crippen LogP contribution < -0.4 is 11.4 Å². The van der Waals surface area contributed by atoms with E-state index in [9.17, 15) is 9.59 Å². The lowest BCUT2D eigenvalue weighted by Crippen LogP contribution is -2.13. The average Bonchev–Trinajstić information content (AvgIpc) is 2.82. The molecule has 5 N–H and O–H groups in total. The van der Waals surface area contributed by atoms with Crippen molar-refractivity contribution in [2.75, 3.05) is 0 Å². The summed E-state index contributed by atoms with van der Waals surface area (Å²) in [7, 11) is 0. The molecule has 0 fully saturated rings. The molecular formula is C13H15N3O3. The molecule has 0 aliphatic rings. The van der Waals surface area contributed by atoms with Crippen molar-refractivity contribution in [2.24, 2.45) is 5.73 Å². The maximum Gasteiger partial charge on any atom is 0.323 e. The van der Waals surface area contributed by atoms with Gasteiger partial charge < -0.3 is 20.8 Å². The molecule has 0 amide bonds. The topological polar surface area (TPSA) is 112 Å². The van der Waals surface area contributed by atoms with Gasteiger partial charge in [-0.3, -0.25) is 4.79 Å². The predicted molar refractivity (Wildman–Crippen MR) is 70.6 cm³/mol. The van der Waals surface area contributed by atoms with Crippen molar-refractivity contribution < 1.29 is 9.90 Å². The number of hydrogen-bond donors (Lipinski definition) is 4. The average molecular weight is 261 g/mol. The van der Waals surface area contributed by atoms with Crippen LogP contribution in [0.25, 0.3) is 11.3 Å². The molecule has 6 heteroatoms. The number of benzene rings is 1. The van der Waals surface area contributed by atoms with Crippen molar-refractivity contribution >= 4 is 5.97 Å². The third-order valence-corrected chi connectivity index (χ3v) is 2.92. The van der Waals surface area contributed by atoms with E-state index in [4.69, 9.17) is 10.8 Å². The molecule has 1 unspecified atom stereocenters. The minimum Gasteiger partial charge on any atom is -0.481 e. The van der Waals surface area contributed by atoms with Crippen LogP contribution in [0.1, 0.15) is 24.4 Å². The number of carbonyl (C=O) groups is 1. The zero-order valence-electron chi connectivity index (χ0n) is 10.2. The summed E-state index contributed by atoms with van der Waals surface area (Å²) in [6.45, 7) is 0. The first-order valence-corrected chi connectivity index (χ1v) is 5.92. The molecule has 0 aliphatic carbocycles. The zero-order valence-corrected chi connectivity index (χ0v) is 10.2. The fourth-order valence-electron chi connectivity index (χ4n) is 1.98. The Morgan fingerprint density at radius 2 is 2.11 bits per heavy atom. The molecule has 1 heterocycles. The molecule has 2 rings (SSSR count). The predicted octanol–water partition coefficient (Wildman–Crippen LogP) is 1.23. The van der Waals surface area contributed by atoms with Crippen LogP contribution in [0.15, 0.2) is 35.3 Å². The van der Waals surface area contributed by atoms with Crippen molar-refractivity contribution in [3.8, 4) is 11.3 Å². The third kappa shape index (κ3) is 3.11. The number of nitrogens with two attached hydrogens (primary N) is 1. The van der Waals surface area contributed by atoms with Crippen molar-refractivity contribution in [2.45, 2.75) is 18.9 Å². The lowest BCUT2D eigenvalue weighted by Gasteiger charge is -2.14. The molecule has 0 saturated carbocycles. The highest BCUT2D eigenvalue weighted by Crippen LogP contribution is 2.27. The highest BCUT2D eigenvalue weighted by atomic mass is 16.4. The number of aromatic nitrogens is 2. The number of nitrogens with one attached hydrogen (secondary N) is 2. The molecule has 2 aromatic rings. The van der Waals surface area contributed by atoms with Gasteiger partial charge in [-0.05, 0) is 12.0 Å². The number of imidazole rings is 1. The number of rotatable bonds is 5. The minimum absolute atomic E-state index is 0.0131. The van der Waals surface area contributed by atoms with Gasteiger partial charge in [-0.1, -0.05) is 24.3 Å². The van der Waals surface area contributed by atoms with Crippen LogP contribution in [0.2, 0.25) is 0 Å². The van der Waals surface area contributed by atoms with E-state index in [1.807, 2.05) is 24.3 Å². The first kappa shape index (κ1) is 13.1. The molecule has 0 saturated heterocycles. The summed E-state index contributed by atoms with van der Waals surface area (Å²) in [5, 5.41) is 8.69. The van der Waals surface area contributed by atoms with Gasteiger partial charge in [0.1, 0.15) is 0 Å². The Kier molecular flexibility index (Phi) is 3.82. The van der Waals surface area contributed by atoms with Gasteiger partial charge in [0.2, 0.25) is 0 Å². The lowest BCUT2D eigenvalue weighted by atomic mass is 9.96. The van der Waals surface area contributed by atoms with Crippen molar-refractivity contribution in [1.29, 1.82) is 0 Å². The van der Waals surface area contributed by atoms with E-state index in [0.717, 1.165) is 11.1 Å². The van der Waals surface area contributed by atoms with E-state index in [2.05, 4.69) is 9.97 Å². The quantitative estimate of drug-likeness (QED) is 0.648.